The van der Waals surface area contributed by atoms with Crippen LogP contribution < -0.4 is 16.0 Å². The minimum atomic E-state index is -3.35. The third-order valence-electron chi connectivity index (χ3n) is 15.7. The molecule has 0 aromatic rings. The summed E-state index contributed by atoms with van der Waals surface area (Å²) >= 11 is 0. The van der Waals surface area contributed by atoms with E-state index in [0.717, 1.165) is 13.8 Å². The highest BCUT2D eigenvalue weighted by Gasteiger charge is 2.63. The van der Waals surface area contributed by atoms with Crippen molar-refractivity contribution in [1.29, 1.82) is 0 Å². The summed E-state index contributed by atoms with van der Waals surface area (Å²) in [5, 5.41) is 243. The Morgan fingerprint density at radius 1 is 0.483 bits per heavy atom. The predicted molar refractivity (Wildman–Crippen MR) is 270 cm³/mol. The molecule has 514 valence electrons. The molecule has 6 aliphatic heterocycles. The molecule has 6 aliphatic rings. The summed E-state index contributed by atoms with van der Waals surface area (Å²) in [5.74, 6) is -14.1. The number of aliphatic hydroxyl groups is 20. The molecule has 6 saturated heterocycles. The third kappa shape index (κ3) is 16.2. The molecule has 41 heteroatoms. The number of hydrogen-bond donors (Lipinski definition) is 25. The summed E-state index contributed by atoms with van der Waals surface area (Å²) in [7, 11) is 0. The molecular formula is C48H79N3O38. The summed E-state index contributed by atoms with van der Waals surface area (Å²) in [4.78, 5) is 64.2. The SMILES string of the molecule is CC(=O)N[C@H]1[C@H](O[C@@H]2[C@H](O)[C@@H](O)[C@H](O[C@H]3[C@H](O)[C@@H](O)[C@H](O)O[C@@H]3CO)O[C@@H]2CO)O[C@H](CO[C@]2(C(=O)O)C[C@H](O)[C@@H](NC(=O)CO)[C@H]([C@H](O)[C@H](O)CO)O2)[C@H](O)[C@@H]1O[C@@H]1O[C@H](CO)[C@H](O)[C@H](O[C@]2(C(=O)O)C[C@H](O)[C@@H](NC(C)=O)[C@H]([C@H](O)[C@H](O)CO)O2)[C@H]1O. The summed E-state index contributed by atoms with van der Waals surface area (Å²) in [5.41, 5.74) is 0. The van der Waals surface area contributed by atoms with Gasteiger partial charge in [0.15, 0.2) is 25.2 Å². The molecular weight excluding hydrogens is 1230 g/mol. The van der Waals surface area contributed by atoms with Crippen molar-refractivity contribution in [2.45, 2.75) is 222 Å². The zero-order chi connectivity index (χ0) is 66.5. The van der Waals surface area contributed by atoms with Gasteiger partial charge in [0.05, 0.1) is 63.9 Å². The van der Waals surface area contributed by atoms with E-state index in [1.54, 1.807) is 0 Å². The molecule has 0 unspecified atom stereocenters. The molecule has 32 atom stereocenters. The molecule has 6 fully saturated rings. The zero-order valence-corrected chi connectivity index (χ0v) is 47.1. The summed E-state index contributed by atoms with van der Waals surface area (Å²) in [6.07, 6.45) is -62.4. The van der Waals surface area contributed by atoms with E-state index < -0.39 is 284 Å². The predicted octanol–water partition coefficient (Wildman–Crippen LogP) is -16.3. The Morgan fingerprint density at radius 3 is 1.42 bits per heavy atom. The minimum Gasteiger partial charge on any atom is -0.477 e. The highest BCUT2D eigenvalue weighted by atomic mass is 16.8. The Bertz CT molecular complexity index is 2340. The first kappa shape index (κ1) is 74.2. The second-order valence-corrected chi connectivity index (χ2v) is 21.9. The highest BCUT2D eigenvalue weighted by molar-refractivity contribution is 5.78. The van der Waals surface area contributed by atoms with Gasteiger partial charge in [-0.15, -0.1) is 0 Å². The van der Waals surface area contributed by atoms with E-state index in [1.165, 1.54) is 0 Å². The average molecular weight is 1310 g/mol. The van der Waals surface area contributed by atoms with E-state index in [9.17, 15) is 136 Å². The minimum absolute atomic E-state index is 0.852. The standard InChI is InChI=1S/C48H79N3O38/c1-12(58)49-23-15(61)4-48(46(77)78,88-38(23)26(65)16(62)5-52)89-40-28(67)18(7-54)81-44(34(40)73)86-37-25(50-13(2)59)42(84-36-20(9-56)82-43(33(72)31(36)70)85-35-19(8-55)80-41(74)32(71)30(35)69)83-21(29(37)68)11-79-47(45(75)76)3-14(60)24(51-22(64)10-57)39(87-47)27(66)17(63)6-53/h14-21,23-44,52-57,60-63,65-74H,3-11H2,1-2H3,(H,49,58)(H,50,59)(H,51,64)(H,75,76)(H,77,78)/t14-,15-,16+,17+,18+,19+,20+,21+,23+,24+,25+,26+,27+,28-,29-,30+,31+,32+,33+,34+,35+,36-,37+,38+,39+,40-,41+,42-,43-,44-,47+,48-/m0/s1. The lowest BCUT2D eigenvalue weighted by Gasteiger charge is -2.52. The Balaban J connectivity index is 1.41. The molecule has 0 aliphatic carbocycles. The number of aliphatic carboxylic acids is 2. The Kier molecular flexibility index (Phi) is 26.1. The fraction of sp³-hybridized carbons (Fsp3) is 0.896. The van der Waals surface area contributed by atoms with E-state index in [2.05, 4.69) is 16.0 Å². The van der Waals surface area contributed by atoms with Crippen LogP contribution in [0.1, 0.15) is 26.7 Å². The fourth-order valence-corrected chi connectivity index (χ4v) is 11.0. The van der Waals surface area contributed by atoms with E-state index in [0.29, 0.717) is 0 Å². The van der Waals surface area contributed by atoms with Crippen molar-refractivity contribution in [2.24, 2.45) is 0 Å². The van der Waals surface area contributed by atoms with Gasteiger partial charge in [-0.1, -0.05) is 0 Å². The number of nitrogens with one attached hydrogen (secondary N) is 3. The van der Waals surface area contributed by atoms with Crippen LogP contribution in [-0.2, 0) is 76.1 Å². The number of rotatable bonds is 26. The first-order valence-corrected chi connectivity index (χ1v) is 27.5. The van der Waals surface area contributed by atoms with Crippen LogP contribution in [0.5, 0.6) is 0 Å². The van der Waals surface area contributed by atoms with Crippen LogP contribution in [0.4, 0.5) is 0 Å². The Labute approximate surface area is 501 Å². The van der Waals surface area contributed by atoms with Crippen LogP contribution in [0.3, 0.4) is 0 Å². The number of carbonyl (C=O) groups is 5. The van der Waals surface area contributed by atoms with Gasteiger partial charge in [-0.3, -0.25) is 14.4 Å². The number of carboxylic acids is 2. The van der Waals surface area contributed by atoms with Crippen molar-refractivity contribution in [3.05, 3.63) is 0 Å². The zero-order valence-electron chi connectivity index (χ0n) is 47.1. The highest BCUT2D eigenvalue weighted by Crippen LogP contribution is 2.41. The van der Waals surface area contributed by atoms with Crippen molar-refractivity contribution in [1.82, 2.24) is 16.0 Å². The van der Waals surface area contributed by atoms with Gasteiger partial charge in [-0.25, -0.2) is 9.59 Å². The smallest absolute Gasteiger partial charge is 0.364 e. The second-order valence-electron chi connectivity index (χ2n) is 21.9. The van der Waals surface area contributed by atoms with Gasteiger partial charge in [0.2, 0.25) is 17.7 Å². The van der Waals surface area contributed by atoms with Gasteiger partial charge < -0.3 is 180 Å². The normalized spacial score (nSPS) is 44.2. The monoisotopic (exact) mass is 1310 g/mol. The van der Waals surface area contributed by atoms with Crippen molar-refractivity contribution in [2.75, 3.05) is 46.2 Å². The molecule has 0 spiro atoms. The first-order chi connectivity index (χ1) is 41.8. The molecule has 89 heavy (non-hydrogen) atoms. The van der Waals surface area contributed by atoms with Crippen LogP contribution in [0.25, 0.3) is 0 Å². The lowest BCUT2D eigenvalue weighted by atomic mass is 9.88. The molecule has 0 aromatic heterocycles. The molecule has 6 rings (SSSR count). The van der Waals surface area contributed by atoms with Crippen molar-refractivity contribution >= 4 is 29.7 Å². The number of hydrogen-bond acceptors (Lipinski definition) is 36. The molecule has 0 radical (unpaired) electrons. The van der Waals surface area contributed by atoms with Gasteiger partial charge in [-0.05, 0) is 0 Å². The molecule has 6 heterocycles. The largest absolute Gasteiger partial charge is 0.477 e. The maximum atomic E-state index is 13.3. The lowest BCUT2D eigenvalue weighted by Crippen LogP contribution is -2.72. The molecule has 0 saturated carbocycles. The molecule has 25 N–H and O–H groups in total. The number of aliphatic hydroxyl groups excluding tert-OH is 20. The second kappa shape index (κ2) is 31.4. The third-order valence-corrected chi connectivity index (χ3v) is 15.7. The van der Waals surface area contributed by atoms with Gasteiger partial charge >= 0.3 is 11.9 Å². The van der Waals surface area contributed by atoms with Crippen molar-refractivity contribution < 1.29 is 188 Å². The van der Waals surface area contributed by atoms with Crippen LogP contribution in [0, 0.1) is 0 Å². The quantitative estimate of drug-likeness (QED) is 0.0382. The maximum absolute atomic E-state index is 13.3. The molecule has 0 aromatic carbocycles. The van der Waals surface area contributed by atoms with Crippen LogP contribution in [-0.4, -0.2) is 384 Å². The van der Waals surface area contributed by atoms with E-state index in [-0.39, 0.29) is 0 Å². The molecule has 41 nitrogen and oxygen atoms in total. The van der Waals surface area contributed by atoms with Crippen LogP contribution >= 0.6 is 0 Å². The number of carboxylic acid groups (broad SMARTS) is 2. The van der Waals surface area contributed by atoms with Gasteiger partial charge in [0, 0.05) is 26.7 Å². The molecule has 0 bridgehead atoms. The van der Waals surface area contributed by atoms with E-state index in [1.807, 2.05) is 0 Å². The molecule has 3 amide bonds. The summed E-state index contributed by atoms with van der Waals surface area (Å²) in [6, 6.07) is -5.77. The van der Waals surface area contributed by atoms with E-state index in [4.69, 9.17) is 52.1 Å². The Hall–Kier alpha value is -3.89. The Morgan fingerprint density at radius 2 is 0.910 bits per heavy atom. The number of ether oxygens (including phenoxy) is 11. The van der Waals surface area contributed by atoms with Crippen molar-refractivity contribution in [3.8, 4) is 0 Å². The topological polar surface area (TPSA) is 668 Å². The van der Waals surface area contributed by atoms with Crippen LogP contribution in [0.2, 0.25) is 0 Å². The van der Waals surface area contributed by atoms with E-state index >= 15 is 0 Å². The summed E-state index contributed by atoms with van der Waals surface area (Å²) < 4.78 is 63.0. The maximum Gasteiger partial charge on any atom is 0.364 e. The average Bonchev–Trinajstić information content (AvgIpc) is 1.61. The number of carbonyl (C=O) groups excluding carboxylic acids is 3. The lowest BCUT2D eigenvalue weighted by molar-refractivity contribution is -0.390. The fourth-order valence-electron chi connectivity index (χ4n) is 11.0. The first-order valence-electron chi connectivity index (χ1n) is 27.5. The van der Waals surface area contributed by atoms with Crippen molar-refractivity contribution in [3.63, 3.8) is 0 Å². The van der Waals surface area contributed by atoms with Gasteiger partial charge in [-0.2, -0.15) is 0 Å². The van der Waals surface area contributed by atoms with Gasteiger partial charge in [0.1, 0.15) is 141 Å². The number of amides is 3. The van der Waals surface area contributed by atoms with Gasteiger partial charge in [0.25, 0.3) is 11.6 Å². The summed E-state index contributed by atoms with van der Waals surface area (Å²) in [6.45, 7) is -6.73. The van der Waals surface area contributed by atoms with Crippen LogP contribution in [0.15, 0.2) is 0 Å².